The Morgan fingerprint density at radius 2 is 1.95 bits per heavy atom. The number of allylic oxidation sites excluding steroid dienone is 1. The van der Waals surface area contributed by atoms with Crippen molar-refractivity contribution in [2.75, 3.05) is 44.1 Å². The van der Waals surface area contributed by atoms with Gasteiger partial charge in [-0.25, -0.2) is 14.0 Å². The molecule has 9 nitrogen and oxygen atoms in total. The highest BCUT2D eigenvalue weighted by atomic mass is 32.2. The fourth-order valence-electron chi connectivity index (χ4n) is 4.73. The molecule has 3 aromatic rings. The zero-order valence-corrected chi connectivity index (χ0v) is 21.7. The monoisotopic (exact) mass is 520 g/mol. The summed E-state index contributed by atoms with van der Waals surface area (Å²) in [5, 5.41) is 12.1. The van der Waals surface area contributed by atoms with Crippen LogP contribution in [0, 0.1) is 10.2 Å². The molecule has 2 aliphatic heterocycles. The van der Waals surface area contributed by atoms with Crippen LogP contribution in [0.1, 0.15) is 25.0 Å². The van der Waals surface area contributed by atoms with Crippen molar-refractivity contribution in [3.63, 3.8) is 0 Å². The van der Waals surface area contributed by atoms with E-state index >= 15 is 0 Å². The number of hydrogen-bond donors (Lipinski definition) is 3. The molecule has 0 saturated carbocycles. The lowest BCUT2D eigenvalue weighted by Gasteiger charge is -2.29. The number of morpholine rings is 1. The van der Waals surface area contributed by atoms with Crippen molar-refractivity contribution in [1.82, 2.24) is 15.3 Å². The first-order chi connectivity index (χ1) is 17.9. The maximum Gasteiger partial charge on any atom is 0.130 e. The van der Waals surface area contributed by atoms with Gasteiger partial charge in [0, 0.05) is 48.6 Å². The number of aromatic nitrogens is 2. The van der Waals surface area contributed by atoms with Gasteiger partial charge in [0.15, 0.2) is 0 Å². The number of ether oxygens (including phenoxy) is 2. The quantitative estimate of drug-likeness (QED) is 0.397. The van der Waals surface area contributed by atoms with E-state index in [9.17, 15) is 4.21 Å². The van der Waals surface area contributed by atoms with Crippen LogP contribution in [0.4, 0.5) is 5.82 Å². The third kappa shape index (κ3) is 5.66. The maximum atomic E-state index is 12.2. The molecule has 2 aliphatic rings. The third-order valence-corrected chi connectivity index (χ3v) is 7.84. The van der Waals surface area contributed by atoms with Crippen molar-refractivity contribution >= 4 is 38.4 Å². The van der Waals surface area contributed by atoms with Gasteiger partial charge in [0.1, 0.15) is 23.3 Å². The second kappa shape index (κ2) is 11.0. The van der Waals surface area contributed by atoms with Crippen LogP contribution < -0.4 is 10.2 Å². The predicted octanol–water partition coefficient (Wildman–Crippen LogP) is 4.28. The first-order valence-corrected chi connectivity index (χ1v) is 14.5. The van der Waals surface area contributed by atoms with Crippen LogP contribution >= 0.6 is 0 Å². The molecule has 0 aliphatic carbocycles. The Labute approximate surface area is 217 Å². The number of rotatable bonds is 7. The van der Waals surface area contributed by atoms with Gasteiger partial charge in [0.25, 0.3) is 0 Å². The molecule has 1 aromatic carbocycles. The van der Waals surface area contributed by atoms with Crippen molar-refractivity contribution < 1.29 is 13.7 Å². The van der Waals surface area contributed by atoms with Gasteiger partial charge in [0.05, 0.1) is 28.6 Å². The molecule has 0 spiro atoms. The number of benzene rings is 1. The van der Waals surface area contributed by atoms with Gasteiger partial charge in [-0.05, 0) is 60.7 Å². The topological polar surface area (TPSA) is 124 Å². The van der Waals surface area contributed by atoms with E-state index in [1.165, 1.54) is 12.5 Å². The summed E-state index contributed by atoms with van der Waals surface area (Å²) in [6.45, 7) is 3.46. The average Bonchev–Trinajstić information content (AvgIpc) is 2.92. The van der Waals surface area contributed by atoms with E-state index in [0.717, 1.165) is 60.2 Å². The van der Waals surface area contributed by atoms with Crippen LogP contribution in [0.5, 0.6) is 0 Å². The molecule has 2 saturated heterocycles. The van der Waals surface area contributed by atoms with Crippen molar-refractivity contribution in [3.05, 3.63) is 54.4 Å². The molecule has 2 atom stereocenters. The molecule has 10 heteroatoms. The zero-order chi connectivity index (χ0) is 25.8. The Hall–Kier alpha value is -3.34. The van der Waals surface area contributed by atoms with Crippen molar-refractivity contribution in [2.45, 2.75) is 30.4 Å². The van der Waals surface area contributed by atoms with E-state index in [-0.39, 0.29) is 6.23 Å². The van der Waals surface area contributed by atoms with E-state index in [4.69, 9.17) is 29.6 Å². The predicted molar refractivity (Wildman–Crippen MR) is 147 cm³/mol. The van der Waals surface area contributed by atoms with Crippen molar-refractivity contribution in [2.24, 2.45) is 0 Å². The van der Waals surface area contributed by atoms with E-state index in [1.807, 2.05) is 18.2 Å². The zero-order valence-electron chi connectivity index (χ0n) is 20.9. The second-order valence-corrected chi connectivity index (χ2v) is 11.5. The number of nitrogens with zero attached hydrogens (tertiary/aromatic N) is 3. The lowest BCUT2D eigenvalue weighted by molar-refractivity contribution is 0.00530. The van der Waals surface area contributed by atoms with Crippen LogP contribution in [0.2, 0.25) is 0 Å². The van der Waals surface area contributed by atoms with Gasteiger partial charge >= 0.3 is 0 Å². The standard InChI is InChI=1S/C27H32N6O3S/c1-37(29,34)20-7-5-19(6-8-20)22-18-24(33-13-16-35-17-14-33)32-26-21(22)10-12-30-27(26)23(9-11-28)31-25-4-2-3-15-36-25/h5-12,18,25,28-29,31H,2-4,13-17H2,1H3/b23-9-,28-11?. The van der Waals surface area contributed by atoms with Crippen LogP contribution in [0.25, 0.3) is 27.7 Å². The molecular formula is C27H32N6O3S. The van der Waals surface area contributed by atoms with E-state index in [2.05, 4.69) is 16.3 Å². The Morgan fingerprint density at radius 3 is 2.62 bits per heavy atom. The second-order valence-electron chi connectivity index (χ2n) is 9.30. The van der Waals surface area contributed by atoms with Crippen LogP contribution in [-0.2, 0) is 19.2 Å². The highest BCUT2D eigenvalue weighted by molar-refractivity contribution is 7.91. The third-order valence-electron chi connectivity index (χ3n) is 6.67. The minimum absolute atomic E-state index is 0.139. The molecule has 0 amide bonds. The first-order valence-electron chi connectivity index (χ1n) is 12.5. The molecule has 5 rings (SSSR count). The minimum atomic E-state index is -2.80. The van der Waals surface area contributed by atoms with Gasteiger partial charge in [-0.3, -0.25) is 4.98 Å². The molecule has 3 N–H and O–H groups in total. The summed E-state index contributed by atoms with van der Waals surface area (Å²) in [4.78, 5) is 12.5. The molecular weight excluding hydrogens is 488 g/mol. The van der Waals surface area contributed by atoms with E-state index in [0.29, 0.717) is 36.1 Å². The normalized spacial score (nSPS) is 20.4. The summed E-state index contributed by atoms with van der Waals surface area (Å²) in [6, 6.07) is 11.4. The first kappa shape index (κ1) is 25.3. The fourth-order valence-corrected chi connectivity index (χ4v) is 5.38. The van der Waals surface area contributed by atoms with Crippen LogP contribution in [0.15, 0.2) is 53.6 Å². The summed E-state index contributed by atoms with van der Waals surface area (Å²) in [5.74, 6) is 0.826. The fraction of sp³-hybridized carbons (Fsp3) is 0.370. The van der Waals surface area contributed by atoms with Gasteiger partial charge < -0.3 is 25.1 Å². The summed E-state index contributed by atoms with van der Waals surface area (Å²) in [7, 11) is -2.80. The minimum Gasteiger partial charge on any atom is -0.378 e. The molecule has 0 radical (unpaired) electrons. The van der Waals surface area contributed by atoms with Gasteiger partial charge in [0.2, 0.25) is 0 Å². The van der Waals surface area contributed by atoms with Gasteiger partial charge in [-0.15, -0.1) is 0 Å². The molecule has 0 bridgehead atoms. The summed E-state index contributed by atoms with van der Waals surface area (Å²) >= 11 is 0. The smallest absolute Gasteiger partial charge is 0.130 e. The van der Waals surface area contributed by atoms with Gasteiger partial charge in [-0.2, -0.15) is 0 Å². The SMILES string of the molecule is CS(=N)(=O)c1ccc(-c2cc(N3CCOCC3)nc3c(/C(=C/C=N)NC4CCCCO4)nccc23)cc1. The van der Waals surface area contributed by atoms with Crippen LogP contribution in [0.3, 0.4) is 0 Å². The number of hydrogen-bond acceptors (Lipinski definition) is 9. The molecule has 4 heterocycles. The highest BCUT2D eigenvalue weighted by Crippen LogP contribution is 2.34. The highest BCUT2D eigenvalue weighted by Gasteiger charge is 2.21. The summed E-state index contributed by atoms with van der Waals surface area (Å²) in [5.41, 5.74) is 3.98. The maximum absolute atomic E-state index is 12.2. The molecule has 2 unspecified atom stereocenters. The number of pyridine rings is 2. The van der Waals surface area contributed by atoms with E-state index in [1.54, 1.807) is 24.4 Å². The Morgan fingerprint density at radius 1 is 1.16 bits per heavy atom. The summed E-state index contributed by atoms with van der Waals surface area (Å²) < 4.78 is 31.6. The molecule has 2 fully saturated rings. The number of anilines is 1. The molecule has 2 aromatic heterocycles. The Bertz CT molecular complexity index is 1410. The Balaban J connectivity index is 1.66. The lowest BCUT2D eigenvalue weighted by atomic mass is 10.00. The number of fused-ring (bicyclic) bond motifs is 1. The van der Waals surface area contributed by atoms with E-state index < -0.39 is 9.73 Å². The average molecular weight is 521 g/mol. The Kier molecular flexibility index (Phi) is 7.50. The van der Waals surface area contributed by atoms with Crippen molar-refractivity contribution in [3.8, 4) is 11.1 Å². The van der Waals surface area contributed by atoms with Gasteiger partial charge in [-0.1, -0.05) is 12.1 Å². The van der Waals surface area contributed by atoms with Crippen molar-refractivity contribution in [1.29, 1.82) is 10.2 Å². The molecule has 194 valence electrons. The van der Waals surface area contributed by atoms with Crippen LogP contribution in [-0.4, -0.2) is 65.8 Å². The number of nitrogens with one attached hydrogen (secondary N) is 3. The summed E-state index contributed by atoms with van der Waals surface area (Å²) in [6.07, 6.45) is 9.02. The molecule has 37 heavy (non-hydrogen) atoms. The largest absolute Gasteiger partial charge is 0.378 e. The lowest BCUT2D eigenvalue weighted by Crippen LogP contribution is -2.36.